The van der Waals surface area contributed by atoms with Gasteiger partial charge in [-0.2, -0.15) is 5.10 Å². The van der Waals surface area contributed by atoms with Crippen molar-refractivity contribution in [3.05, 3.63) is 89.2 Å². The molecule has 0 unspecified atom stereocenters. The Hall–Kier alpha value is -2.39. The van der Waals surface area contributed by atoms with Crippen LogP contribution < -0.4 is 0 Å². The highest BCUT2D eigenvalue weighted by Crippen LogP contribution is 2.31. The van der Waals surface area contributed by atoms with Gasteiger partial charge in [-0.05, 0) is 42.5 Å². The highest BCUT2D eigenvalue weighted by Gasteiger charge is 2.26. The predicted molar refractivity (Wildman–Crippen MR) is 111 cm³/mol. The van der Waals surface area contributed by atoms with Gasteiger partial charge in [0.25, 0.3) is 0 Å². The molecule has 0 radical (unpaired) electrons. The second-order valence-electron chi connectivity index (χ2n) is 7.64. The maximum atomic E-state index is 4.31. The molecular formula is C24H29N3. The molecule has 1 N–H and O–H groups in total. The molecule has 1 aliphatic rings. The number of nitrogens with one attached hydrogen (secondary N) is 1. The minimum absolute atomic E-state index is 0.415. The summed E-state index contributed by atoms with van der Waals surface area (Å²) in [6.45, 7) is 5.59. The van der Waals surface area contributed by atoms with E-state index in [0.29, 0.717) is 11.8 Å². The highest BCUT2D eigenvalue weighted by molar-refractivity contribution is 5.33. The first-order valence-electron chi connectivity index (χ1n) is 10.2. The molecule has 1 fully saturated rings. The van der Waals surface area contributed by atoms with Crippen LogP contribution in [0.3, 0.4) is 0 Å². The van der Waals surface area contributed by atoms with Crippen molar-refractivity contribution in [1.82, 2.24) is 15.1 Å². The van der Waals surface area contributed by atoms with E-state index in [1.54, 1.807) is 0 Å². The van der Waals surface area contributed by atoms with Gasteiger partial charge in [-0.15, -0.1) is 0 Å². The number of piperidine rings is 1. The van der Waals surface area contributed by atoms with E-state index in [1.807, 2.05) is 6.20 Å². The number of rotatable bonds is 6. The first-order chi connectivity index (χ1) is 13.3. The molecule has 3 heteroatoms. The predicted octanol–water partition coefficient (Wildman–Crippen LogP) is 4.98. The lowest BCUT2D eigenvalue weighted by molar-refractivity contribution is 0.200. The number of nitrogens with zero attached hydrogens (tertiary/aromatic N) is 2. The van der Waals surface area contributed by atoms with Crippen LogP contribution in [0.15, 0.2) is 66.9 Å². The topological polar surface area (TPSA) is 31.9 Å². The number of aryl methyl sites for hydroxylation is 1. The van der Waals surface area contributed by atoms with Crippen LogP contribution in [0.25, 0.3) is 0 Å². The van der Waals surface area contributed by atoms with Crippen LogP contribution in [0.1, 0.15) is 54.0 Å². The fourth-order valence-corrected chi connectivity index (χ4v) is 4.45. The van der Waals surface area contributed by atoms with Crippen molar-refractivity contribution in [2.24, 2.45) is 0 Å². The maximum absolute atomic E-state index is 4.31. The van der Waals surface area contributed by atoms with Crippen LogP contribution in [0.2, 0.25) is 0 Å². The third kappa shape index (κ3) is 4.14. The molecule has 1 aliphatic heterocycles. The van der Waals surface area contributed by atoms with Crippen molar-refractivity contribution in [3.8, 4) is 0 Å². The van der Waals surface area contributed by atoms with Crippen LogP contribution in [0.5, 0.6) is 0 Å². The van der Waals surface area contributed by atoms with Crippen LogP contribution in [0.4, 0.5) is 0 Å². The van der Waals surface area contributed by atoms with E-state index in [0.717, 1.165) is 19.5 Å². The van der Waals surface area contributed by atoms with Gasteiger partial charge in [0, 0.05) is 30.6 Å². The minimum atomic E-state index is 0.415. The van der Waals surface area contributed by atoms with E-state index in [1.165, 1.54) is 41.8 Å². The van der Waals surface area contributed by atoms with Gasteiger partial charge in [0.05, 0.1) is 6.20 Å². The molecule has 1 atom stereocenters. The van der Waals surface area contributed by atoms with Crippen molar-refractivity contribution in [2.75, 3.05) is 19.6 Å². The van der Waals surface area contributed by atoms with Gasteiger partial charge in [0.2, 0.25) is 0 Å². The Morgan fingerprint density at radius 3 is 2.33 bits per heavy atom. The Kier molecular flexibility index (Phi) is 5.69. The molecule has 0 saturated carbocycles. The second kappa shape index (κ2) is 8.53. The lowest BCUT2D eigenvalue weighted by Crippen LogP contribution is -2.37. The normalized spacial score (nSPS) is 18.1. The van der Waals surface area contributed by atoms with E-state index < -0.39 is 0 Å². The summed E-state index contributed by atoms with van der Waals surface area (Å²) >= 11 is 0. The Morgan fingerprint density at radius 1 is 1.04 bits per heavy atom. The summed E-state index contributed by atoms with van der Waals surface area (Å²) in [5.41, 5.74) is 5.55. The lowest BCUT2D eigenvalue weighted by atomic mass is 9.88. The molecule has 140 valence electrons. The first-order valence-corrected chi connectivity index (χ1v) is 10.2. The molecule has 2 aromatic carbocycles. The van der Waals surface area contributed by atoms with E-state index in [2.05, 4.69) is 82.7 Å². The smallest absolute Gasteiger partial charge is 0.0522 e. The quantitative estimate of drug-likeness (QED) is 0.673. The standard InChI is InChI=1S/C24H29N3/c1-2-19-16-25-26-24(19)22-14-9-15-27(17-22)18-23(20-10-5-3-6-11-20)21-12-7-4-8-13-21/h3-8,10-13,16,22-23H,2,9,14-15,17-18H2,1H3,(H,25,26)/t22-/m0/s1. The molecule has 0 amide bonds. The zero-order valence-electron chi connectivity index (χ0n) is 16.1. The SMILES string of the molecule is CCc1cn[nH]c1[C@H]1CCCN(CC(c2ccccc2)c2ccccc2)C1. The fourth-order valence-electron chi connectivity index (χ4n) is 4.45. The fraction of sp³-hybridized carbons (Fsp3) is 0.375. The number of hydrogen-bond donors (Lipinski definition) is 1. The van der Waals surface area contributed by atoms with Crippen molar-refractivity contribution < 1.29 is 0 Å². The average Bonchev–Trinajstić information content (AvgIpc) is 3.22. The molecule has 3 nitrogen and oxygen atoms in total. The van der Waals surface area contributed by atoms with E-state index in [-0.39, 0.29) is 0 Å². The van der Waals surface area contributed by atoms with Gasteiger partial charge in [-0.25, -0.2) is 0 Å². The van der Waals surface area contributed by atoms with Crippen molar-refractivity contribution >= 4 is 0 Å². The zero-order valence-corrected chi connectivity index (χ0v) is 16.1. The van der Waals surface area contributed by atoms with Gasteiger partial charge in [-0.3, -0.25) is 5.10 Å². The van der Waals surface area contributed by atoms with Gasteiger partial charge >= 0.3 is 0 Å². The Labute approximate surface area is 162 Å². The molecule has 4 rings (SSSR count). The molecule has 27 heavy (non-hydrogen) atoms. The Balaban J connectivity index is 1.54. The lowest BCUT2D eigenvalue weighted by Gasteiger charge is -2.35. The monoisotopic (exact) mass is 359 g/mol. The van der Waals surface area contributed by atoms with E-state index in [4.69, 9.17) is 0 Å². The summed E-state index contributed by atoms with van der Waals surface area (Å²) in [6, 6.07) is 21.9. The summed E-state index contributed by atoms with van der Waals surface area (Å²) in [7, 11) is 0. The third-order valence-electron chi connectivity index (χ3n) is 5.89. The van der Waals surface area contributed by atoms with Crippen molar-refractivity contribution in [3.63, 3.8) is 0 Å². The molecule has 2 heterocycles. The molecule has 3 aromatic rings. The van der Waals surface area contributed by atoms with Crippen LogP contribution >= 0.6 is 0 Å². The van der Waals surface area contributed by atoms with Gasteiger partial charge in [-0.1, -0.05) is 67.6 Å². The number of aromatic nitrogens is 2. The summed E-state index contributed by atoms with van der Waals surface area (Å²) in [4.78, 5) is 2.65. The second-order valence-corrected chi connectivity index (χ2v) is 7.64. The van der Waals surface area contributed by atoms with Crippen molar-refractivity contribution in [1.29, 1.82) is 0 Å². The number of likely N-dealkylation sites (tertiary alicyclic amines) is 1. The highest BCUT2D eigenvalue weighted by atomic mass is 15.2. The largest absolute Gasteiger partial charge is 0.302 e. The zero-order chi connectivity index (χ0) is 18.5. The van der Waals surface area contributed by atoms with E-state index >= 15 is 0 Å². The summed E-state index contributed by atoms with van der Waals surface area (Å²) in [5, 5.41) is 7.59. The molecule has 0 bridgehead atoms. The molecule has 1 aromatic heterocycles. The number of benzene rings is 2. The van der Waals surface area contributed by atoms with Gasteiger partial charge < -0.3 is 4.90 Å². The number of hydrogen-bond acceptors (Lipinski definition) is 2. The summed E-state index contributed by atoms with van der Waals surface area (Å²) in [6.07, 6.45) is 5.57. The Bertz CT molecular complexity index is 786. The van der Waals surface area contributed by atoms with Gasteiger partial charge in [0.1, 0.15) is 0 Å². The third-order valence-corrected chi connectivity index (χ3v) is 5.89. The van der Waals surface area contributed by atoms with E-state index in [9.17, 15) is 0 Å². The summed E-state index contributed by atoms with van der Waals surface area (Å²) < 4.78 is 0. The number of aromatic amines is 1. The van der Waals surface area contributed by atoms with Crippen LogP contribution in [0, 0.1) is 0 Å². The van der Waals surface area contributed by atoms with Crippen LogP contribution in [-0.2, 0) is 6.42 Å². The molecule has 0 aliphatic carbocycles. The Morgan fingerprint density at radius 2 is 1.70 bits per heavy atom. The number of H-pyrrole nitrogens is 1. The summed E-state index contributed by atoms with van der Waals surface area (Å²) in [5.74, 6) is 0.988. The molecule has 1 saturated heterocycles. The van der Waals surface area contributed by atoms with Crippen LogP contribution in [-0.4, -0.2) is 34.7 Å². The average molecular weight is 360 g/mol. The molecular weight excluding hydrogens is 330 g/mol. The van der Waals surface area contributed by atoms with Gasteiger partial charge in [0.15, 0.2) is 0 Å². The molecule has 0 spiro atoms. The van der Waals surface area contributed by atoms with Crippen molar-refractivity contribution in [2.45, 2.75) is 38.0 Å². The minimum Gasteiger partial charge on any atom is -0.302 e. The maximum Gasteiger partial charge on any atom is 0.0522 e. The first kappa shape index (κ1) is 18.0.